The van der Waals surface area contributed by atoms with Gasteiger partial charge >= 0.3 is 0 Å². The molecule has 0 spiro atoms. The molecule has 0 bridgehead atoms. The minimum Gasteiger partial charge on any atom is -0.506 e. The normalized spacial score (nSPS) is 10.1. The molecular weight excluding hydrogens is 230 g/mol. The summed E-state index contributed by atoms with van der Waals surface area (Å²) in [4.78, 5) is 0. The molecule has 2 rings (SSSR count). The summed E-state index contributed by atoms with van der Waals surface area (Å²) in [6.07, 6.45) is 0. The van der Waals surface area contributed by atoms with E-state index in [0.29, 0.717) is 18.0 Å². The first-order valence-corrected chi connectivity index (χ1v) is 5.53. The van der Waals surface area contributed by atoms with Crippen LogP contribution in [0.1, 0.15) is 5.56 Å². The van der Waals surface area contributed by atoms with Gasteiger partial charge in [0.25, 0.3) is 0 Å². The predicted octanol–water partition coefficient (Wildman–Crippen LogP) is 2.56. The molecule has 0 radical (unpaired) electrons. The zero-order chi connectivity index (χ0) is 13.0. The van der Waals surface area contributed by atoms with Gasteiger partial charge in [-0.2, -0.15) is 0 Å². The Balaban J connectivity index is 2.04. The molecule has 0 fully saturated rings. The molecule has 18 heavy (non-hydrogen) atoms. The highest BCUT2D eigenvalue weighted by Gasteiger charge is 2.01. The van der Waals surface area contributed by atoms with E-state index in [2.05, 4.69) is 0 Å². The van der Waals surface area contributed by atoms with Gasteiger partial charge in [-0.1, -0.05) is 12.1 Å². The van der Waals surface area contributed by atoms with Gasteiger partial charge in [-0.25, -0.2) is 0 Å². The molecule has 0 atom stereocenters. The van der Waals surface area contributed by atoms with Gasteiger partial charge in [-0.15, -0.1) is 0 Å². The van der Waals surface area contributed by atoms with Crippen LogP contribution in [0.15, 0.2) is 42.5 Å². The summed E-state index contributed by atoms with van der Waals surface area (Å²) >= 11 is 0. The Hall–Kier alpha value is -2.36. The number of aromatic hydroxyl groups is 1. The minimum atomic E-state index is 0.0711. The third-order valence-corrected chi connectivity index (χ3v) is 2.54. The number of methoxy groups -OCH3 is 1. The van der Waals surface area contributed by atoms with Crippen LogP contribution in [0.5, 0.6) is 17.2 Å². The van der Waals surface area contributed by atoms with Crippen molar-refractivity contribution in [3.63, 3.8) is 0 Å². The second-order valence-electron chi connectivity index (χ2n) is 3.86. The van der Waals surface area contributed by atoms with Gasteiger partial charge in [0.15, 0.2) is 0 Å². The van der Waals surface area contributed by atoms with E-state index in [4.69, 9.17) is 15.2 Å². The van der Waals surface area contributed by atoms with E-state index < -0.39 is 0 Å². The van der Waals surface area contributed by atoms with Crippen LogP contribution >= 0.6 is 0 Å². The van der Waals surface area contributed by atoms with E-state index in [9.17, 15) is 5.11 Å². The molecule has 0 aliphatic rings. The number of hydrogen-bond donors (Lipinski definition) is 2. The molecule has 4 nitrogen and oxygen atoms in total. The summed E-state index contributed by atoms with van der Waals surface area (Å²) in [5, 5.41) is 9.48. The average Bonchev–Trinajstić information content (AvgIpc) is 2.40. The lowest BCUT2D eigenvalue weighted by Gasteiger charge is -2.08. The van der Waals surface area contributed by atoms with Gasteiger partial charge in [-0.3, -0.25) is 0 Å². The summed E-state index contributed by atoms with van der Waals surface area (Å²) in [5.41, 5.74) is 6.74. The lowest BCUT2D eigenvalue weighted by Crippen LogP contribution is -1.96. The summed E-state index contributed by atoms with van der Waals surface area (Å²) in [6.45, 7) is 0.362. The number of ether oxygens (including phenoxy) is 2. The maximum absolute atomic E-state index is 9.48. The van der Waals surface area contributed by atoms with E-state index in [-0.39, 0.29) is 5.75 Å². The second kappa shape index (κ2) is 5.31. The lowest BCUT2D eigenvalue weighted by atomic mass is 10.2. The topological polar surface area (TPSA) is 64.7 Å². The molecule has 0 aromatic heterocycles. The fourth-order valence-corrected chi connectivity index (χ4v) is 1.54. The predicted molar refractivity (Wildman–Crippen MR) is 69.8 cm³/mol. The van der Waals surface area contributed by atoms with E-state index in [1.54, 1.807) is 25.3 Å². The van der Waals surface area contributed by atoms with Crippen molar-refractivity contribution < 1.29 is 14.6 Å². The van der Waals surface area contributed by atoms with E-state index >= 15 is 0 Å². The molecule has 94 valence electrons. The fourth-order valence-electron chi connectivity index (χ4n) is 1.54. The number of phenolic OH excluding ortho intramolecular Hbond substituents is 1. The van der Waals surface area contributed by atoms with Crippen LogP contribution in [0.25, 0.3) is 0 Å². The first kappa shape index (κ1) is 12.1. The van der Waals surface area contributed by atoms with E-state index in [1.165, 1.54) is 0 Å². The van der Waals surface area contributed by atoms with Crippen LogP contribution in [0, 0.1) is 0 Å². The van der Waals surface area contributed by atoms with Crippen molar-refractivity contribution in [1.82, 2.24) is 0 Å². The van der Waals surface area contributed by atoms with Gasteiger partial charge in [0.05, 0.1) is 12.8 Å². The Morgan fingerprint density at radius 2 is 1.89 bits per heavy atom. The first-order chi connectivity index (χ1) is 8.69. The number of phenols is 1. The Bertz CT molecular complexity index is 540. The van der Waals surface area contributed by atoms with Crippen LogP contribution in [0.3, 0.4) is 0 Å². The van der Waals surface area contributed by atoms with Crippen molar-refractivity contribution in [1.29, 1.82) is 0 Å². The minimum absolute atomic E-state index is 0.0711. The molecule has 0 saturated heterocycles. The van der Waals surface area contributed by atoms with Gasteiger partial charge in [0, 0.05) is 6.07 Å². The van der Waals surface area contributed by atoms with Crippen molar-refractivity contribution in [3.05, 3.63) is 48.0 Å². The summed E-state index contributed by atoms with van der Waals surface area (Å²) in [6, 6.07) is 12.4. The standard InChI is InChI=1S/C14H15NO3/c1-17-11-3-2-4-12(8-11)18-9-10-5-6-13(15)14(16)7-10/h2-8,16H,9,15H2,1H3. The molecule has 0 saturated carbocycles. The number of rotatable bonds is 4. The Morgan fingerprint density at radius 3 is 2.61 bits per heavy atom. The molecule has 3 N–H and O–H groups in total. The Morgan fingerprint density at radius 1 is 1.11 bits per heavy atom. The lowest BCUT2D eigenvalue weighted by molar-refractivity contribution is 0.303. The van der Waals surface area contributed by atoms with Crippen LogP contribution < -0.4 is 15.2 Å². The van der Waals surface area contributed by atoms with Gasteiger partial charge < -0.3 is 20.3 Å². The third-order valence-electron chi connectivity index (χ3n) is 2.54. The quantitative estimate of drug-likeness (QED) is 0.641. The van der Waals surface area contributed by atoms with Gasteiger partial charge in [0.2, 0.25) is 0 Å². The molecule has 0 amide bonds. The Labute approximate surface area is 106 Å². The van der Waals surface area contributed by atoms with Crippen molar-refractivity contribution in [3.8, 4) is 17.2 Å². The molecule has 2 aromatic carbocycles. The molecule has 0 unspecified atom stereocenters. The van der Waals surface area contributed by atoms with Crippen molar-refractivity contribution in [2.24, 2.45) is 0 Å². The number of nitrogens with two attached hydrogens (primary N) is 1. The second-order valence-corrected chi connectivity index (χ2v) is 3.86. The van der Waals surface area contributed by atoms with Crippen LogP contribution in [0.2, 0.25) is 0 Å². The largest absolute Gasteiger partial charge is 0.506 e. The highest BCUT2D eigenvalue weighted by atomic mass is 16.5. The van der Waals surface area contributed by atoms with Crippen LogP contribution in [-0.2, 0) is 6.61 Å². The molecule has 0 aliphatic carbocycles. The van der Waals surface area contributed by atoms with Crippen molar-refractivity contribution in [2.45, 2.75) is 6.61 Å². The zero-order valence-corrected chi connectivity index (χ0v) is 10.1. The number of hydrogen-bond acceptors (Lipinski definition) is 4. The number of anilines is 1. The maximum Gasteiger partial charge on any atom is 0.138 e. The fraction of sp³-hybridized carbons (Fsp3) is 0.143. The third kappa shape index (κ3) is 2.85. The summed E-state index contributed by atoms with van der Waals surface area (Å²) in [5.74, 6) is 1.53. The molecule has 2 aromatic rings. The Kier molecular flexibility index (Phi) is 3.57. The average molecular weight is 245 g/mol. The summed E-state index contributed by atoms with van der Waals surface area (Å²) < 4.78 is 10.7. The van der Waals surface area contributed by atoms with Gasteiger partial charge in [0.1, 0.15) is 23.9 Å². The van der Waals surface area contributed by atoms with Crippen LogP contribution in [0.4, 0.5) is 5.69 Å². The number of benzene rings is 2. The highest BCUT2D eigenvalue weighted by Crippen LogP contribution is 2.23. The van der Waals surface area contributed by atoms with E-state index in [1.807, 2.05) is 24.3 Å². The van der Waals surface area contributed by atoms with Crippen molar-refractivity contribution in [2.75, 3.05) is 12.8 Å². The molecule has 4 heteroatoms. The maximum atomic E-state index is 9.48. The highest BCUT2D eigenvalue weighted by molar-refractivity contribution is 5.52. The van der Waals surface area contributed by atoms with Gasteiger partial charge in [-0.05, 0) is 29.8 Å². The molecular formula is C14H15NO3. The van der Waals surface area contributed by atoms with E-state index in [0.717, 1.165) is 11.3 Å². The summed E-state index contributed by atoms with van der Waals surface area (Å²) in [7, 11) is 1.61. The smallest absolute Gasteiger partial charge is 0.138 e. The monoisotopic (exact) mass is 245 g/mol. The zero-order valence-electron chi connectivity index (χ0n) is 10.1. The van der Waals surface area contributed by atoms with Crippen LogP contribution in [-0.4, -0.2) is 12.2 Å². The van der Waals surface area contributed by atoms with Crippen molar-refractivity contribution >= 4 is 5.69 Å². The number of nitrogen functional groups attached to an aromatic ring is 1. The SMILES string of the molecule is COc1cccc(OCc2ccc(N)c(O)c2)c1. The first-order valence-electron chi connectivity index (χ1n) is 5.53. The molecule has 0 heterocycles. The molecule has 0 aliphatic heterocycles.